The number of amides is 1. The molecule has 20 heavy (non-hydrogen) atoms. The summed E-state index contributed by atoms with van der Waals surface area (Å²) in [5, 5.41) is 6.00. The van der Waals surface area contributed by atoms with Crippen molar-refractivity contribution in [3.8, 4) is 0 Å². The number of benzene rings is 1. The van der Waals surface area contributed by atoms with Crippen molar-refractivity contribution in [2.24, 2.45) is 0 Å². The molecule has 0 aromatic heterocycles. The summed E-state index contributed by atoms with van der Waals surface area (Å²) < 4.78 is 10.2. The van der Waals surface area contributed by atoms with Gasteiger partial charge in [-0.25, -0.2) is 0 Å². The molecular weight excluding hydrogens is 280 g/mol. The van der Waals surface area contributed by atoms with E-state index in [0.29, 0.717) is 19.7 Å². The summed E-state index contributed by atoms with van der Waals surface area (Å²) >= 11 is 0. The van der Waals surface area contributed by atoms with Gasteiger partial charge in [0.15, 0.2) is 6.10 Å². The van der Waals surface area contributed by atoms with Crippen molar-refractivity contribution in [2.75, 3.05) is 40.5 Å². The van der Waals surface area contributed by atoms with Gasteiger partial charge in [0.05, 0.1) is 6.61 Å². The van der Waals surface area contributed by atoms with Crippen LogP contribution in [-0.4, -0.2) is 46.4 Å². The number of methoxy groups -OCH3 is 2. The molecular formula is C14H23ClN2O3. The zero-order chi connectivity index (χ0) is 13.9. The lowest BCUT2D eigenvalue weighted by Crippen LogP contribution is -2.36. The van der Waals surface area contributed by atoms with Gasteiger partial charge in [-0.05, 0) is 5.56 Å². The molecule has 0 bridgehead atoms. The lowest BCUT2D eigenvalue weighted by atomic mass is 10.1. The van der Waals surface area contributed by atoms with Crippen LogP contribution in [0.3, 0.4) is 0 Å². The Morgan fingerprint density at radius 3 is 2.45 bits per heavy atom. The second-order valence-electron chi connectivity index (χ2n) is 4.06. The lowest BCUT2D eigenvalue weighted by molar-refractivity contribution is -0.131. The van der Waals surface area contributed by atoms with Crippen molar-refractivity contribution in [1.29, 1.82) is 0 Å². The van der Waals surface area contributed by atoms with Crippen molar-refractivity contribution in [3.63, 3.8) is 0 Å². The topological polar surface area (TPSA) is 59.6 Å². The Bertz CT molecular complexity index is 363. The Kier molecular flexibility index (Phi) is 11.0. The normalized spacial score (nSPS) is 11.5. The molecule has 1 amide bonds. The first-order valence-corrected chi connectivity index (χ1v) is 6.34. The van der Waals surface area contributed by atoms with Gasteiger partial charge in [-0.1, -0.05) is 30.3 Å². The molecule has 0 saturated carbocycles. The molecule has 0 spiro atoms. The summed E-state index contributed by atoms with van der Waals surface area (Å²) in [5.41, 5.74) is 0.856. The van der Waals surface area contributed by atoms with Crippen LogP contribution in [0.4, 0.5) is 0 Å². The number of carbonyl (C=O) groups excluding carboxylic acids is 1. The second kappa shape index (κ2) is 11.7. The van der Waals surface area contributed by atoms with Crippen LogP contribution < -0.4 is 10.6 Å². The van der Waals surface area contributed by atoms with Crippen LogP contribution in [0, 0.1) is 0 Å². The first-order chi connectivity index (χ1) is 9.29. The number of ether oxygens (including phenoxy) is 2. The highest BCUT2D eigenvalue weighted by atomic mass is 35.5. The van der Waals surface area contributed by atoms with Crippen LogP contribution in [0.2, 0.25) is 0 Å². The molecule has 5 nitrogen and oxygen atoms in total. The van der Waals surface area contributed by atoms with Crippen LogP contribution >= 0.6 is 12.4 Å². The van der Waals surface area contributed by atoms with Crippen molar-refractivity contribution in [2.45, 2.75) is 6.10 Å². The van der Waals surface area contributed by atoms with E-state index in [-0.39, 0.29) is 18.3 Å². The predicted molar refractivity (Wildman–Crippen MR) is 81.2 cm³/mol. The highest BCUT2D eigenvalue weighted by Crippen LogP contribution is 2.15. The number of rotatable bonds is 9. The number of hydrogen-bond acceptors (Lipinski definition) is 4. The molecule has 1 atom stereocenters. The highest BCUT2D eigenvalue weighted by molar-refractivity contribution is 5.85. The number of carbonyl (C=O) groups is 1. The van der Waals surface area contributed by atoms with E-state index >= 15 is 0 Å². The van der Waals surface area contributed by atoms with E-state index in [0.717, 1.165) is 12.1 Å². The van der Waals surface area contributed by atoms with Gasteiger partial charge in [0.1, 0.15) is 0 Å². The van der Waals surface area contributed by atoms with E-state index in [1.54, 1.807) is 7.11 Å². The third-order valence-corrected chi connectivity index (χ3v) is 2.66. The molecule has 1 rings (SSSR count). The number of nitrogens with one attached hydrogen (secondary N) is 2. The van der Waals surface area contributed by atoms with Crippen LogP contribution in [0.15, 0.2) is 30.3 Å². The smallest absolute Gasteiger partial charge is 0.253 e. The summed E-state index contributed by atoms with van der Waals surface area (Å²) in [6.07, 6.45) is -0.555. The van der Waals surface area contributed by atoms with Crippen LogP contribution in [0.5, 0.6) is 0 Å². The first-order valence-electron chi connectivity index (χ1n) is 6.34. The summed E-state index contributed by atoms with van der Waals surface area (Å²) in [6.45, 7) is 2.72. The molecule has 114 valence electrons. The second-order valence-corrected chi connectivity index (χ2v) is 4.06. The van der Waals surface area contributed by atoms with Gasteiger partial charge in [0.2, 0.25) is 0 Å². The maximum absolute atomic E-state index is 12.0. The zero-order valence-corrected chi connectivity index (χ0v) is 12.7. The molecule has 0 saturated heterocycles. The molecule has 0 radical (unpaired) electrons. The average molecular weight is 303 g/mol. The number of halogens is 1. The predicted octanol–water partition coefficient (Wildman–Crippen LogP) is 1.15. The summed E-state index contributed by atoms with van der Waals surface area (Å²) in [7, 11) is 3.20. The Hall–Kier alpha value is -1.14. The third-order valence-electron chi connectivity index (χ3n) is 2.66. The van der Waals surface area contributed by atoms with Gasteiger partial charge in [-0.15, -0.1) is 12.4 Å². The summed E-state index contributed by atoms with van der Waals surface area (Å²) in [5.74, 6) is -0.123. The molecule has 2 N–H and O–H groups in total. The summed E-state index contributed by atoms with van der Waals surface area (Å²) in [6, 6.07) is 9.45. The fourth-order valence-electron chi connectivity index (χ4n) is 1.69. The maximum Gasteiger partial charge on any atom is 0.253 e. The van der Waals surface area contributed by atoms with Crippen LogP contribution in [0.1, 0.15) is 11.7 Å². The van der Waals surface area contributed by atoms with E-state index in [1.807, 2.05) is 30.3 Å². The van der Waals surface area contributed by atoms with Crippen LogP contribution in [-0.2, 0) is 14.3 Å². The first kappa shape index (κ1) is 18.9. The SMILES string of the molecule is COCCNCCNC(=O)C(OC)c1ccccc1.Cl. The average Bonchev–Trinajstić information content (AvgIpc) is 2.45. The number of hydrogen-bond donors (Lipinski definition) is 2. The summed E-state index contributed by atoms with van der Waals surface area (Å²) in [4.78, 5) is 12.0. The van der Waals surface area contributed by atoms with Crippen LogP contribution in [0.25, 0.3) is 0 Å². The Morgan fingerprint density at radius 2 is 1.85 bits per heavy atom. The molecule has 6 heteroatoms. The Labute approximate surface area is 126 Å². The minimum atomic E-state index is -0.555. The highest BCUT2D eigenvalue weighted by Gasteiger charge is 2.18. The molecule has 0 aliphatic carbocycles. The van der Waals surface area contributed by atoms with Crippen molar-refractivity contribution < 1.29 is 14.3 Å². The van der Waals surface area contributed by atoms with Crippen molar-refractivity contribution in [3.05, 3.63) is 35.9 Å². The van der Waals surface area contributed by atoms with Gasteiger partial charge in [0.25, 0.3) is 5.91 Å². The van der Waals surface area contributed by atoms with E-state index in [2.05, 4.69) is 10.6 Å². The molecule has 0 heterocycles. The van der Waals surface area contributed by atoms with E-state index in [4.69, 9.17) is 9.47 Å². The lowest BCUT2D eigenvalue weighted by Gasteiger charge is -2.15. The van der Waals surface area contributed by atoms with Crippen molar-refractivity contribution >= 4 is 18.3 Å². The fraction of sp³-hybridized carbons (Fsp3) is 0.500. The van der Waals surface area contributed by atoms with Gasteiger partial charge in [-0.2, -0.15) is 0 Å². The Morgan fingerprint density at radius 1 is 1.15 bits per heavy atom. The van der Waals surface area contributed by atoms with E-state index < -0.39 is 6.10 Å². The fourth-order valence-corrected chi connectivity index (χ4v) is 1.69. The third kappa shape index (κ3) is 6.86. The zero-order valence-electron chi connectivity index (χ0n) is 11.9. The molecule has 0 fully saturated rings. The van der Waals surface area contributed by atoms with Gasteiger partial charge >= 0.3 is 0 Å². The molecule has 1 aromatic rings. The minimum absolute atomic E-state index is 0. The Balaban J connectivity index is 0.00000361. The van der Waals surface area contributed by atoms with Crippen molar-refractivity contribution in [1.82, 2.24) is 10.6 Å². The van der Waals surface area contributed by atoms with Gasteiger partial charge in [-0.3, -0.25) is 4.79 Å². The van der Waals surface area contributed by atoms with E-state index in [1.165, 1.54) is 7.11 Å². The largest absolute Gasteiger partial charge is 0.383 e. The quantitative estimate of drug-likeness (QED) is 0.672. The standard InChI is InChI=1S/C14H22N2O3.ClH/c1-18-11-10-15-8-9-16-14(17)13(19-2)12-6-4-3-5-7-12;/h3-7,13,15H,8-11H2,1-2H3,(H,16,17);1H. The molecule has 0 aliphatic heterocycles. The molecule has 1 unspecified atom stereocenters. The van der Waals surface area contributed by atoms with Gasteiger partial charge in [0, 0.05) is 33.9 Å². The monoisotopic (exact) mass is 302 g/mol. The maximum atomic E-state index is 12.0. The van der Waals surface area contributed by atoms with Gasteiger partial charge < -0.3 is 20.1 Å². The minimum Gasteiger partial charge on any atom is -0.383 e. The molecule has 1 aromatic carbocycles. The molecule has 0 aliphatic rings. The van der Waals surface area contributed by atoms with E-state index in [9.17, 15) is 4.79 Å².